The molecule has 7 heteroatoms. The van der Waals surface area contributed by atoms with Gasteiger partial charge in [-0.15, -0.1) is 0 Å². The predicted octanol–water partition coefficient (Wildman–Crippen LogP) is 4.11. The first-order valence-corrected chi connectivity index (χ1v) is 8.84. The van der Waals surface area contributed by atoms with E-state index >= 15 is 0 Å². The third kappa shape index (κ3) is 4.35. The number of carbonyl (C=O) groups excluding carboxylic acids is 1. The van der Waals surface area contributed by atoms with Crippen LogP contribution < -0.4 is 5.32 Å². The molecule has 0 unspecified atom stereocenters. The van der Waals surface area contributed by atoms with E-state index in [1.807, 2.05) is 0 Å². The van der Waals surface area contributed by atoms with E-state index in [1.54, 1.807) is 45.0 Å². The molecule has 0 fully saturated rings. The summed E-state index contributed by atoms with van der Waals surface area (Å²) in [6.45, 7) is 5.31. The molecule has 0 aliphatic carbocycles. The Bertz CT molecular complexity index is 825. The average Bonchev–Trinajstić information content (AvgIpc) is 2.34. The van der Waals surface area contributed by atoms with Gasteiger partial charge in [-0.25, -0.2) is 13.2 Å². The number of ether oxygens (including phenoxy) is 1. The normalized spacial score (nSPS) is 12.2. The number of anilines is 1. The first-order valence-electron chi connectivity index (χ1n) is 6.53. The van der Waals surface area contributed by atoms with Crippen LogP contribution in [0.5, 0.6) is 0 Å². The van der Waals surface area contributed by atoms with Gasteiger partial charge >= 0.3 is 6.09 Å². The zero-order chi connectivity index (χ0) is 16.5. The van der Waals surface area contributed by atoms with Crippen molar-refractivity contribution in [3.8, 4) is 0 Å². The molecule has 0 radical (unpaired) electrons. The van der Waals surface area contributed by atoms with Crippen LogP contribution in [0.2, 0.25) is 0 Å². The summed E-state index contributed by atoms with van der Waals surface area (Å²) in [6.07, 6.45) is -0.576. The molecule has 0 heterocycles. The molecule has 5 nitrogen and oxygen atoms in total. The number of halogens is 1. The van der Waals surface area contributed by atoms with Gasteiger partial charge in [0.25, 0.3) is 9.05 Å². The van der Waals surface area contributed by atoms with Gasteiger partial charge in [0.05, 0.1) is 4.90 Å². The van der Waals surface area contributed by atoms with Gasteiger partial charge in [-0.1, -0.05) is 12.1 Å². The lowest BCUT2D eigenvalue weighted by Crippen LogP contribution is -2.27. The van der Waals surface area contributed by atoms with Gasteiger partial charge in [-0.3, -0.25) is 5.32 Å². The van der Waals surface area contributed by atoms with E-state index in [-0.39, 0.29) is 4.90 Å². The maximum Gasteiger partial charge on any atom is 0.412 e. The van der Waals surface area contributed by atoms with Crippen LogP contribution in [-0.2, 0) is 13.8 Å². The largest absolute Gasteiger partial charge is 0.444 e. The molecule has 0 atom stereocenters. The Morgan fingerprint density at radius 2 is 1.73 bits per heavy atom. The van der Waals surface area contributed by atoms with Crippen LogP contribution in [0, 0.1) is 0 Å². The summed E-state index contributed by atoms with van der Waals surface area (Å²) in [5.41, 5.74) is -0.0910. The standard InChI is InChI=1S/C15H16ClNO4S/c1-15(2,3)21-14(18)17-12-6-4-10-5-7-13(22(16,19)20)9-11(10)8-12/h4-9H,1-3H3,(H,17,18). The fourth-order valence-electron chi connectivity index (χ4n) is 1.88. The first kappa shape index (κ1) is 16.6. The Labute approximate surface area is 133 Å². The van der Waals surface area contributed by atoms with Crippen molar-refractivity contribution in [2.75, 3.05) is 5.32 Å². The van der Waals surface area contributed by atoms with Crippen molar-refractivity contribution in [2.45, 2.75) is 31.3 Å². The molecule has 0 saturated carbocycles. The van der Waals surface area contributed by atoms with Crippen molar-refractivity contribution in [3.63, 3.8) is 0 Å². The summed E-state index contributed by atoms with van der Waals surface area (Å²) >= 11 is 0. The van der Waals surface area contributed by atoms with Crippen LogP contribution in [0.15, 0.2) is 41.3 Å². The molecule has 2 aromatic carbocycles. The number of fused-ring (bicyclic) bond motifs is 1. The Hall–Kier alpha value is -1.79. The number of benzene rings is 2. The molecule has 0 aromatic heterocycles. The van der Waals surface area contributed by atoms with Crippen LogP contribution in [0.25, 0.3) is 10.8 Å². The van der Waals surface area contributed by atoms with Crippen LogP contribution in [-0.4, -0.2) is 20.1 Å². The highest BCUT2D eigenvalue weighted by atomic mass is 35.7. The SMILES string of the molecule is CC(C)(C)OC(=O)Nc1ccc2ccc(S(=O)(=O)Cl)cc2c1. The number of nitrogens with one attached hydrogen (secondary N) is 1. The highest BCUT2D eigenvalue weighted by Crippen LogP contribution is 2.24. The monoisotopic (exact) mass is 341 g/mol. The van der Waals surface area contributed by atoms with Gasteiger partial charge in [0, 0.05) is 16.4 Å². The molecule has 2 rings (SSSR count). The topological polar surface area (TPSA) is 72.5 Å². The molecule has 0 spiro atoms. The van der Waals surface area contributed by atoms with Gasteiger partial charge in [-0.2, -0.15) is 0 Å². The number of hydrogen-bond acceptors (Lipinski definition) is 4. The van der Waals surface area contributed by atoms with Gasteiger partial charge < -0.3 is 4.74 Å². The summed E-state index contributed by atoms with van der Waals surface area (Å²) in [5, 5.41) is 4.09. The van der Waals surface area contributed by atoms with Crippen molar-refractivity contribution >= 4 is 42.3 Å². The second-order valence-corrected chi connectivity index (χ2v) is 8.35. The highest BCUT2D eigenvalue weighted by Gasteiger charge is 2.16. The smallest absolute Gasteiger partial charge is 0.412 e. The summed E-state index contributed by atoms with van der Waals surface area (Å²) in [6, 6.07) is 9.68. The zero-order valence-electron chi connectivity index (χ0n) is 12.4. The molecule has 22 heavy (non-hydrogen) atoms. The summed E-state index contributed by atoms with van der Waals surface area (Å²) < 4.78 is 27.9. The summed E-state index contributed by atoms with van der Waals surface area (Å²) in [4.78, 5) is 11.8. The fourth-order valence-corrected chi connectivity index (χ4v) is 2.66. The van der Waals surface area contributed by atoms with Crippen LogP contribution in [0.1, 0.15) is 20.8 Å². The minimum atomic E-state index is -3.79. The molecule has 0 saturated heterocycles. The number of amides is 1. The van der Waals surface area contributed by atoms with Crippen molar-refractivity contribution < 1.29 is 17.9 Å². The lowest BCUT2D eigenvalue weighted by molar-refractivity contribution is 0.0636. The number of hydrogen-bond donors (Lipinski definition) is 1. The lowest BCUT2D eigenvalue weighted by atomic mass is 10.1. The molecule has 0 aliphatic heterocycles. The Morgan fingerprint density at radius 3 is 2.32 bits per heavy atom. The van der Waals surface area contributed by atoms with Crippen LogP contribution >= 0.6 is 10.7 Å². The highest BCUT2D eigenvalue weighted by molar-refractivity contribution is 8.13. The van der Waals surface area contributed by atoms with Gasteiger partial charge in [-0.05, 0) is 55.8 Å². The van der Waals surface area contributed by atoms with E-state index in [4.69, 9.17) is 15.4 Å². The summed E-state index contributed by atoms with van der Waals surface area (Å²) in [5.74, 6) is 0. The van der Waals surface area contributed by atoms with Crippen LogP contribution in [0.3, 0.4) is 0 Å². The van der Waals surface area contributed by atoms with E-state index < -0.39 is 20.7 Å². The third-order valence-corrected chi connectivity index (χ3v) is 4.09. The Kier molecular flexibility index (Phi) is 4.35. The quantitative estimate of drug-likeness (QED) is 0.834. The van der Waals surface area contributed by atoms with E-state index in [0.717, 1.165) is 5.39 Å². The van der Waals surface area contributed by atoms with E-state index in [9.17, 15) is 13.2 Å². The number of rotatable bonds is 2. The second kappa shape index (κ2) is 5.78. The summed E-state index contributed by atoms with van der Waals surface area (Å²) in [7, 11) is 1.54. The van der Waals surface area contributed by atoms with E-state index in [0.29, 0.717) is 11.1 Å². The predicted molar refractivity (Wildman–Crippen MR) is 86.8 cm³/mol. The minimum Gasteiger partial charge on any atom is -0.444 e. The molecule has 0 aliphatic rings. The lowest BCUT2D eigenvalue weighted by Gasteiger charge is -2.19. The van der Waals surface area contributed by atoms with Gasteiger partial charge in [0.1, 0.15) is 5.60 Å². The molecular formula is C15H16ClNO4S. The molecule has 0 bridgehead atoms. The fraction of sp³-hybridized carbons (Fsp3) is 0.267. The minimum absolute atomic E-state index is 0.0103. The molecule has 1 N–H and O–H groups in total. The molecular weight excluding hydrogens is 326 g/mol. The maximum absolute atomic E-state index is 11.7. The van der Waals surface area contributed by atoms with Gasteiger partial charge in [0.2, 0.25) is 0 Å². The second-order valence-electron chi connectivity index (χ2n) is 5.79. The van der Waals surface area contributed by atoms with E-state index in [1.165, 1.54) is 12.1 Å². The van der Waals surface area contributed by atoms with Crippen molar-refractivity contribution in [1.29, 1.82) is 0 Å². The van der Waals surface area contributed by atoms with Crippen molar-refractivity contribution in [1.82, 2.24) is 0 Å². The zero-order valence-corrected chi connectivity index (χ0v) is 14.0. The molecule has 2 aromatic rings. The van der Waals surface area contributed by atoms with E-state index in [2.05, 4.69) is 5.32 Å². The molecule has 118 valence electrons. The molecule has 1 amide bonds. The Morgan fingerprint density at radius 1 is 1.09 bits per heavy atom. The average molecular weight is 342 g/mol. The van der Waals surface area contributed by atoms with Crippen molar-refractivity contribution in [3.05, 3.63) is 36.4 Å². The third-order valence-electron chi connectivity index (χ3n) is 2.74. The number of carbonyl (C=O) groups is 1. The van der Waals surface area contributed by atoms with Gasteiger partial charge in [0.15, 0.2) is 0 Å². The Balaban J connectivity index is 2.31. The van der Waals surface area contributed by atoms with Crippen LogP contribution in [0.4, 0.5) is 10.5 Å². The first-order chi connectivity index (χ1) is 10.0. The maximum atomic E-state index is 11.7. The van der Waals surface area contributed by atoms with Crippen molar-refractivity contribution in [2.24, 2.45) is 0 Å².